The molecule has 0 unspecified atom stereocenters. The SMILES string of the molecule is CS(=O)(=O)N1CCC(/C=C/C(=O)O)CC1.Cl. The van der Waals surface area contributed by atoms with Crippen molar-refractivity contribution in [3.8, 4) is 0 Å². The minimum absolute atomic E-state index is 0. The van der Waals surface area contributed by atoms with Gasteiger partial charge in [0.15, 0.2) is 0 Å². The van der Waals surface area contributed by atoms with E-state index in [0.29, 0.717) is 25.9 Å². The molecular formula is C9H16ClNO4S. The first-order valence-corrected chi connectivity index (χ1v) is 6.60. The van der Waals surface area contributed by atoms with E-state index >= 15 is 0 Å². The Bertz CT molecular complexity index is 358. The van der Waals surface area contributed by atoms with Crippen LogP contribution in [0.15, 0.2) is 12.2 Å². The maximum absolute atomic E-state index is 11.2. The van der Waals surface area contributed by atoms with Crippen molar-refractivity contribution in [3.05, 3.63) is 12.2 Å². The fourth-order valence-corrected chi connectivity index (χ4v) is 2.49. The van der Waals surface area contributed by atoms with Crippen LogP contribution in [0, 0.1) is 5.92 Å². The number of aliphatic carboxylic acids is 1. The molecule has 0 aromatic rings. The van der Waals surface area contributed by atoms with Crippen LogP contribution in [0.2, 0.25) is 0 Å². The summed E-state index contributed by atoms with van der Waals surface area (Å²) < 4.78 is 23.8. The number of hydrogen-bond donors (Lipinski definition) is 1. The molecule has 1 heterocycles. The predicted octanol–water partition coefficient (Wildman–Crippen LogP) is 0.721. The minimum atomic E-state index is -3.09. The summed E-state index contributed by atoms with van der Waals surface area (Å²) in [5, 5.41) is 8.43. The molecule has 1 aliphatic heterocycles. The smallest absolute Gasteiger partial charge is 0.327 e. The second-order valence-corrected chi connectivity index (χ2v) is 5.68. The van der Waals surface area contributed by atoms with Gasteiger partial charge in [0.25, 0.3) is 0 Å². The summed E-state index contributed by atoms with van der Waals surface area (Å²) in [7, 11) is -3.09. The standard InChI is InChI=1S/C9H15NO4S.ClH/c1-15(13,14)10-6-4-8(5-7-10)2-3-9(11)12;/h2-3,8H,4-7H2,1H3,(H,11,12);1H/b3-2+;. The molecule has 0 radical (unpaired) electrons. The number of hydrogen-bond acceptors (Lipinski definition) is 3. The second-order valence-electron chi connectivity index (χ2n) is 3.70. The van der Waals surface area contributed by atoms with E-state index in [1.54, 1.807) is 6.08 Å². The Morgan fingerprint density at radius 1 is 1.38 bits per heavy atom. The van der Waals surface area contributed by atoms with Crippen molar-refractivity contribution in [1.82, 2.24) is 4.31 Å². The van der Waals surface area contributed by atoms with Gasteiger partial charge in [0.05, 0.1) is 6.26 Å². The summed E-state index contributed by atoms with van der Waals surface area (Å²) in [6.45, 7) is 0.959. The predicted molar refractivity (Wildman–Crippen MR) is 63.2 cm³/mol. The number of sulfonamides is 1. The topological polar surface area (TPSA) is 74.7 Å². The van der Waals surface area contributed by atoms with Gasteiger partial charge in [0.2, 0.25) is 10.0 Å². The summed E-state index contributed by atoms with van der Waals surface area (Å²) in [5.41, 5.74) is 0. The number of allylic oxidation sites excluding steroid dienone is 1. The summed E-state index contributed by atoms with van der Waals surface area (Å²) in [5.74, 6) is -0.778. The van der Waals surface area contributed by atoms with Crippen molar-refractivity contribution in [2.24, 2.45) is 5.92 Å². The molecule has 0 saturated carbocycles. The van der Waals surface area contributed by atoms with Gasteiger partial charge in [-0.05, 0) is 18.8 Å². The third kappa shape index (κ3) is 4.96. The Morgan fingerprint density at radius 3 is 2.25 bits per heavy atom. The number of halogens is 1. The normalized spacial score (nSPS) is 19.6. The minimum Gasteiger partial charge on any atom is -0.478 e. The highest BCUT2D eigenvalue weighted by Gasteiger charge is 2.23. The Morgan fingerprint density at radius 2 is 1.88 bits per heavy atom. The lowest BCUT2D eigenvalue weighted by atomic mass is 9.98. The fraction of sp³-hybridized carbons (Fsp3) is 0.667. The van der Waals surface area contributed by atoms with Crippen molar-refractivity contribution in [2.45, 2.75) is 12.8 Å². The van der Waals surface area contributed by atoms with Crippen molar-refractivity contribution >= 4 is 28.4 Å². The first-order valence-electron chi connectivity index (χ1n) is 4.76. The quantitative estimate of drug-likeness (QED) is 0.766. The van der Waals surface area contributed by atoms with Crippen LogP contribution < -0.4 is 0 Å². The highest BCUT2D eigenvalue weighted by Crippen LogP contribution is 2.19. The van der Waals surface area contributed by atoms with Crippen LogP contribution in [-0.4, -0.2) is 43.1 Å². The van der Waals surface area contributed by atoms with Gasteiger partial charge in [-0.25, -0.2) is 17.5 Å². The lowest BCUT2D eigenvalue weighted by Crippen LogP contribution is -2.37. The Balaban J connectivity index is 0.00000225. The van der Waals surface area contributed by atoms with E-state index in [1.165, 1.54) is 10.6 Å². The molecule has 0 atom stereocenters. The van der Waals surface area contributed by atoms with Crippen LogP contribution >= 0.6 is 12.4 Å². The van der Waals surface area contributed by atoms with Crippen LogP contribution in [0.25, 0.3) is 0 Å². The zero-order valence-electron chi connectivity index (χ0n) is 9.00. The van der Waals surface area contributed by atoms with E-state index in [9.17, 15) is 13.2 Å². The van der Waals surface area contributed by atoms with E-state index in [0.717, 1.165) is 6.08 Å². The van der Waals surface area contributed by atoms with Gasteiger partial charge in [0.1, 0.15) is 0 Å². The molecule has 0 aromatic carbocycles. The summed E-state index contributed by atoms with van der Waals surface area (Å²) in [6, 6.07) is 0. The van der Waals surface area contributed by atoms with E-state index < -0.39 is 16.0 Å². The number of piperidine rings is 1. The summed E-state index contributed by atoms with van der Waals surface area (Å²) in [6.07, 6.45) is 5.34. The molecule has 0 spiro atoms. The van der Waals surface area contributed by atoms with Crippen LogP contribution in [-0.2, 0) is 14.8 Å². The second kappa shape index (κ2) is 6.22. The van der Waals surface area contributed by atoms with E-state index in [-0.39, 0.29) is 18.3 Å². The lowest BCUT2D eigenvalue weighted by Gasteiger charge is -2.28. The van der Waals surface area contributed by atoms with Gasteiger partial charge in [-0.15, -0.1) is 12.4 Å². The fourth-order valence-electron chi connectivity index (χ4n) is 1.62. The number of carboxylic acid groups (broad SMARTS) is 1. The maximum Gasteiger partial charge on any atom is 0.327 e. The zero-order chi connectivity index (χ0) is 11.5. The number of carboxylic acids is 1. The molecule has 7 heteroatoms. The number of rotatable bonds is 3. The van der Waals surface area contributed by atoms with E-state index in [1.807, 2.05) is 0 Å². The molecule has 1 saturated heterocycles. The average molecular weight is 270 g/mol. The molecular weight excluding hydrogens is 254 g/mol. The van der Waals surface area contributed by atoms with Crippen LogP contribution in [0.1, 0.15) is 12.8 Å². The molecule has 1 aliphatic rings. The molecule has 0 aromatic heterocycles. The molecule has 1 rings (SSSR count). The molecule has 16 heavy (non-hydrogen) atoms. The summed E-state index contributed by atoms with van der Waals surface area (Å²) >= 11 is 0. The van der Waals surface area contributed by atoms with Crippen LogP contribution in [0.5, 0.6) is 0 Å². The van der Waals surface area contributed by atoms with Crippen molar-refractivity contribution < 1.29 is 18.3 Å². The van der Waals surface area contributed by atoms with E-state index in [4.69, 9.17) is 5.11 Å². The number of nitrogens with zero attached hydrogens (tertiary/aromatic N) is 1. The Labute approximate surface area is 102 Å². The van der Waals surface area contributed by atoms with Crippen molar-refractivity contribution in [3.63, 3.8) is 0 Å². The molecule has 0 bridgehead atoms. The highest BCUT2D eigenvalue weighted by molar-refractivity contribution is 7.88. The van der Waals surface area contributed by atoms with Gasteiger partial charge in [-0.1, -0.05) is 6.08 Å². The summed E-state index contributed by atoms with van der Waals surface area (Å²) in [4.78, 5) is 10.3. The van der Waals surface area contributed by atoms with Gasteiger partial charge in [-0.3, -0.25) is 0 Å². The lowest BCUT2D eigenvalue weighted by molar-refractivity contribution is -0.131. The molecule has 0 amide bonds. The van der Waals surface area contributed by atoms with Crippen LogP contribution in [0.4, 0.5) is 0 Å². The molecule has 5 nitrogen and oxygen atoms in total. The van der Waals surface area contributed by atoms with Gasteiger partial charge >= 0.3 is 5.97 Å². The van der Waals surface area contributed by atoms with Crippen molar-refractivity contribution in [1.29, 1.82) is 0 Å². The molecule has 1 fully saturated rings. The van der Waals surface area contributed by atoms with Gasteiger partial charge in [-0.2, -0.15) is 0 Å². The van der Waals surface area contributed by atoms with E-state index in [2.05, 4.69) is 0 Å². The highest BCUT2D eigenvalue weighted by atomic mass is 35.5. The van der Waals surface area contributed by atoms with Crippen LogP contribution in [0.3, 0.4) is 0 Å². The molecule has 1 N–H and O–H groups in total. The Kier molecular flexibility index (Phi) is 5.99. The monoisotopic (exact) mass is 269 g/mol. The molecule has 94 valence electrons. The third-order valence-corrected chi connectivity index (χ3v) is 3.78. The van der Waals surface area contributed by atoms with Gasteiger partial charge < -0.3 is 5.11 Å². The third-order valence-electron chi connectivity index (χ3n) is 2.48. The Hall–Kier alpha value is -0.590. The maximum atomic E-state index is 11.2. The molecule has 0 aliphatic carbocycles. The first-order chi connectivity index (χ1) is 6.89. The van der Waals surface area contributed by atoms with Gasteiger partial charge in [0, 0.05) is 19.2 Å². The largest absolute Gasteiger partial charge is 0.478 e. The zero-order valence-corrected chi connectivity index (χ0v) is 10.6. The first kappa shape index (κ1) is 15.4. The van der Waals surface area contributed by atoms with Crippen molar-refractivity contribution in [2.75, 3.05) is 19.3 Å². The average Bonchev–Trinajstić information content (AvgIpc) is 2.14. The number of carbonyl (C=O) groups is 1.